The minimum absolute atomic E-state index is 0.0320. The van der Waals surface area contributed by atoms with Gasteiger partial charge in [0.25, 0.3) is 0 Å². The van der Waals surface area contributed by atoms with E-state index in [0.717, 1.165) is 31.5 Å². The molecule has 17 heavy (non-hydrogen) atoms. The average molecular weight is 239 g/mol. The highest BCUT2D eigenvalue weighted by Crippen LogP contribution is 1.95. The second-order valence-electron chi connectivity index (χ2n) is 4.09. The molecular formula is C12H21N3O2. The predicted molar refractivity (Wildman–Crippen MR) is 65.3 cm³/mol. The normalized spacial score (nSPS) is 12.4. The SMILES string of the molecule is CCCCCNC(=O)C(C)NCc1ccon1. The van der Waals surface area contributed by atoms with Crippen LogP contribution in [0.25, 0.3) is 0 Å². The Kier molecular flexibility index (Phi) is 6.32. The summed E-state index contributed by atoms with van der Waals surface area (Å²) >= 11 is 0. The zero-order chi connectivity index (χ0) is 12.5. The Hall–Kier alpha value is -1.36. The van der Waals surface area contributed by atoms with Crippen LogP contribution in [0.1, 0.15) is 38.8 Å². The molecule has 5 nitrogen and oxygen atoms in total. The van der Waals surface area contributed by atoms with E-state index in [9.17, 15) is 4.79 Å². The monoisotopic (exact) mass is 239 g/mol. The fourth-order valence-corrected chi connectivity index (χ4v) is 1.42. The van der Waals surface area contributed by atoms with Gasteiger partial charge in [-0.05, 0) is 13.3 Å². The van der Waals surface area contributed by atoms with Gasteiger partial charge in [0.05, 0.1) is 11.7 Å². The van der Waals surface area contributed by atoms with Crippen molar-refractivity contribution in [2.75, 3.05) is 6.54 Å². The number of carbonyl (C=O) groups excluding carboxylic acids is 1. The van der Waals surface area contributed by atoms with Crippen LogP contribution in [0.3, 0.4) is 0 Å². The van der Waals surface area contributed by atoms with E-state index < -0.39 is 0 Å². The van der Waals surface area contributed by atoms with Gasteiger partial charge in [0, 0.05) is 19.2 Å². The zero-order valence-electron chi connectivity index (χ0n) is 10.5. The molecule has 0 aromatic carbocycles. The van der Waals surface area contributed by atoms with Crippen molar-refractivity contribution in [3.8, 4) is 0 Å². The largest absolute Gasteiger partial charge is 0.364 e. The topological polar surface area (TPSA) is 67.2 Å². The third-order valence-electron chi connectivity index (χ3n) is 2.55. The minimum Gasteiger partial charge on any atom is -0.364 e. The number of amides is 1. The highest BCUT2D eigenvalue weighted by Gasteiger charge is 2.11. The van der Waals surface area contributed by atoms with Crippen LogP contribution in [0, 0.1) is 0 Å². The maximum atomic E-state index is 11.6. The molecule has 0 aliphatic heterocycles. The number of rotatable bonds is 8. The summed E-state index contributed by atoms with van der Waals surface area (Å²) in [5, 5.41) is 9.76. The molecule has 0 bridgehead atoms. The van der Waals surface area contributed by atoms with Crippen LogP contribution in [0.2, 0.25) is 0 Å². The quantitative estimate of drug-likeness (QED) is 0.674. The van der Waals surface area contributed by atoms with Gasteiger partial charge in [-0.25, -0.2) is 0 Å². The molecular weight excluding hydrogens is 218 g/mol. The van der Waals surface area contributed by atoms with Gasteiger partial charge in [-0.15, -0.1) is 0 Å². The van der Waals surface area contributed by atoms with Gasteiger partial charge in [0.2, 0.25) is 5.91 Å². The van der Waals surface area contributed by atoms with E-state index in [1.165, 1.54) is 6.26 Å². The van der Waals surface area contributed by atoms with Crippen molar-refractivity contribution in [1.29, 1.82) is 0 Å². The van der Waals surface area contributed by atoms with Crippen LogP contribution in [0.15, 0.2) is 16.9 Å². The van der Waals surface area contributed by atoms with Crippen molar-refractivity contribution in [3.63, 3.8) is 0 Å². The predicted octanol–water partition coefficient (Wildman–Crippen LogP) is 1.46. The molecule has 0 aliphatic carbocycles. The zero-order valence-corrected chi connectivity index (χ0v) is 10.5. The average Bonchev–Trinajstić information content (AvgIpc) is 2.84. The van der Waals surface area contributed by atoms with Crippen LogP contribution in [-0.2, 0) is 11.3 Å². The van der Waals surface area contributed by atoms with Gasteiger partial charge in [0.15, 0.2) is 0 Å². The number of aromatic nitrogens is 1. The van der Waals surface area contributed by atoms with Crippen LogP contribution >= 0.6 is 0 Å². The van der Waals surface area contributed by atoms with E-state index in [1.807, 2.05) is 6.92 Å². The van der Waals surface area contributed by atoms with E-state index in [0.29, 0.717) is 6.54 Å². The molecule has 1 aromatic heterocycles. The van der Waals surface area contributed by atoms with Crippen LogP contribution in [0.5, 0.6) is 0 Å². The molecule has 0 saturated carbocycles. The third kappa shape index (κ3) is 5.49. The molecule has 0 spiro atoms. The Morgan fingerprint density at radius 3 is 3.00 bits per heavy atom. The van der Waals surface area contributed by atoms with Gasteiger partial charge < -0.3 is 15.2 Å². The summed E-state index contributed by atoms with van der Waals surface area (Å²) < 4.78 is 4.71. The minimum atomic E-state index is -0.215. The van der Waals surface area contributed by atoms with Crippen LogP contribution < -0.4 is 10.6 Å². The molecule has 0 radical (unpaired) electrons. The number of hydrogen-bond donors (Lipinski definition) is 2. The first-order chi connectivity index (χ1) is 8.24. The van der Waals surface area contributed by atoms with E-state index in [4.69, 9.17) is 4.52 Å². The molecule has 1 heterocycles. The lowest BCUT2D eigenvalue weighted by Crippen LogP contribution is -2.42. The fraction of sp³-hybridized carbons (Fsp3) is 0.667. The summed E-state index contributed by atoms with van der Waals surface area (Å²) in [6, 6.07) is 1.56. The molecule has 1 amide bonds. The molecule has 2 N–H and O–H groups in total. The number of hydrogen-bond acceptors (Lipinski definition) is 4. The highest BCUT2D eigenvalue weighted by molar-refractivity contribution is 5.81. The summed E-state index contributed by atoms with van der Waals surface area (Å²) in [4.78, 5) is 11.6. The molecule has 0 aliphatic rings. The second-order valence-corrected chi connectivity index (χ2v) is 4.09. The number of nitrogens with zero attached hydrogens (tertiary/aromatic N) is 1. The van der Waals surface area contributed by atoms with Gasteiger partial charge in [0.1, 0.15) is 6.26 Å². The number of carbonyl (C=O) groups is 1. The van der Waals surface area contributed by atoms with Gasteiger partial charge in [-0.1, -0.05) is 24.9 Å². The van der Waals surface area contributed by atoms with Crippen molar-refractivity contribution in [3.05, 3.63) is 18.0 Å². The molecule has 0 fully saturated rings. The van der Waals surface area contributed by atoms with E-state index in [2.05, 4.69) is 22.7 Å². The Bertz CT molecular complexity index is 312. The summed E-state index contributed by atoms with van der Waals surface area (Å²) in [7, 11) is 0. The fourth-order valence-electron chi connectivity index (χ4n) is 1.42. The lowest BCUT2D eigenvalue weighted by molar-refractivity contribution is -0.122. The summed E-state index contributed by atoms with van der Waals surface area (Å²) in [6.45, 7) is 5.28. The molecule has 1 aromatic rings. The molecule has 1 rings (SSSR count). The molecule has 96 valence electrons. The van der Waals surface area contributed by atoms with Crippen LogP contribution in [-0.4, -0.2) is 23.7 Å². The lowest BCUT2D eigenvalue weighted by Gasteiger charge is -2.12. The summed E-state index contributed by atoms with van der Waals surface area (Å²) in [5.74, 6) is 0.0320. The van der Waals surface area contributed by atoms with E-state index >= 15 is 0 Å². The Morgan fingerprint density at radius 1 is 1.53 bits per heavy atom. The van der Waals surface area contributed by atoms with Crippen molar-refractivity contribution < 1.29 is 9.32 Å². The third-order valence-corrected chi connectivity index (χ3v) is 2.55. The summed E-state index contributed by atoms with van der Waals surface area (Å²) in [6.07, 6.45) is 4.88. The Labute approximate surface area is 102 Å². The summed E-state index contributed by atoms with van der Waals surface area (Å²) in [5.41, 5.74) is 0.802. The first-order valence-corrected chi connectivity index (χ1v) is 6.14. The first-order valence-electron chi connectivity index (χ1n) is 6.14. The van der Waals surface area contributed by atoms with Gasteiger partial charge in [-0.3, -0.25) is 4.79 Å². The number of nitrogens with one attached hydrogen (secondary N) is 2. The van der Waals surface area contributed by atoms with Gasteiger partial charge >= 0.3 is 0 Å². The maximum Gasteiger partial charge on any atom is 0.236 e. The lowest BCUT2D eigenvalue weighted by atomic mass is 10.2. The van der Waals surface area contributed by atoms with E-state index in [-0.39, 0.29) is 11.9 Å². The van der Waals surface area contributed by atoms with Gasteiger partial charge in [-0.2, -0.15) is 0 Å². The Morgan fingerprint density at radius 2 is 2.35 bits per heavy atom. The molecule has 0 saturated heterocycles. The smallest absolute Gasteiger partial charge is 0.236 e. The second kappa shape index (κ2) is 7.84. The van der Waals surface area contributed by atoms with Crippen molar-refractivity contribution >= 4 is 5.91 Å². The van der Waals surface area contributed by atoms with Crippen molar-refractivity contribution in [2.45, 2.75) is 45.7 Å². The molecule has 1 atom stereocenters. The standard InChI is InChI=1S/C12H21N3O2/c1-3-4-5-7-13-12(16)10(2)14-9-11-6-8-17-15-11/h6,8,10,14H,3-5,7,9H2,1-2H3,(H,13,16). The van der Waals surface area contributed by atoms with Crippen LogP contribution in [0.4, 0.5) is 0 Å². The highest BCUT2D eigenvalue weighted by atomic mass is 16.5. The van der Waals surface area contributed by atoms with Crippen molar-refractivity contribution in [1.82, 2.24) is 15.8 Å². The maximum absolute atomic E-state index is 11.6. The van der Waals surface area contributed by atoms with Crippen molar-refractivity contribution in [2.24, 2.45) is 0 Å². The molecule has 5 heteroatoms. The first kappa shape index (κ1) is 13.7. The molecule has 1 unspecified atom stereocenters. The number of unbranched alkanes of at least 4 members (excludes halogenated alkanes) is 2. The Balaban J connectivity index is 2.13. The van der Waals surface area contributed by atoms with E-state index in [1.54, 1.807) is 6.07 Å².